The Morgan fingerprint density at radius 2 is 2.09 bits per heavy atom. The number of carbonyl (C=O) groups is 3. The van der Waals surface area contributed by atoms with Gasteiger partial charge in [-0.25, -0.2) is 4.98 Å². The summed E-state index contributed by atoms with van der Waals surface area (Å²) in [6.45, 7) is 2.16. The first-order valence-electron chi connectivity index (χ1n) is 10.6. The lowest BCUT2D eigenvalue weighted by atomic mass is 9.56. The minimum atomic E-state index is -1.32. The first-order valence-corrected chi connectivity index (χ1v) is 11.4. The van der Waals surface area contributed by atoms with Crippen LogP contribution in [0.25, 0.3) is 10.8 Å². The number of fused-ring (bicyclic) bond motifs is 1. The van der Waals surface area contributed by atoms with E-state index in [1.807, 2.05) is 31.2 Å². The van der Waals surface area contributed by atoms with Crippen molar-refractivity contribution < 1.29 is 28.6 Å². The van der Waals surface area contributed by atoms with Crippen molar-refractivity contribution in [3.8, 4) is 16.5 Å². The molecule has 1 saturated carbocycles. The summed E-state index contributed by atoms with van der Waals surface area (Å²) in [6.07, 6.45) is 3.56. The monoisotopic (exact) mass is 466 g/mol. The number of nitrogens with zero attached hydrogens (tertiary/aromatic N) is 2. The highest BCUT2D eigenvalue weighted by molar-refractivity contribution is 7.20. The van der Waals surface area contributed by atoms with Crippen LogP contribution < -0.4 is 9.64 Å². The summed E-state index contributed by atoms with van der Waals surface area (Å²) in [4.78, 5) is 45.4. The van der Waals surface area contributed by atoms with E-state index in [0.717, 1.165) is 11.3 Å². The van der Waals surface area contributed by atoms with Gasteiger partial charge in [0.1, 0.15) is 22.4 Å². The van der Waals surface area contributed by atoms with Crippen LogP contribution in [0.5, 0.6) is 5.75 Å². The van der Waals surface area contributed by atoms with Crippen LogP contribution in [0.2, 0.25) is 0 Å². The third-order valence-corrected chi connectivity index (χ3v) is 7.96. The van der Waals surface area contributed by atoms with Gasteiger partial charge in [0.05, 0.1) is 29.7 Å². The van der Waals surface area contributed by atoms with Crippen molar-refractivity contribution in [3.63, 3.8) is 0 Å². The molecular weight excluding hydrogens is 444 g/mol. The van der Waals surface area contributed by atoms with Gasteiger partial charge in [0.25, 0.3) is 0 Å². The summed E-state index contributed by atoms with van der Waals surface area (Å²) in [5.74, 6) is -1.17. The van der Waals surface area contributed by atoms with Crippen molar-refractivity contribution in [2.75, 3.05) is 18.6 Å². The van der Waals surface area contributed by atoms with Crippen LogP contribution in [-0.4, -0.2) is 41.4 Å². The molecule has 0 atom stereocenters. The molecular formula is C24H22N2O6S. The first-order chi connectivity index (χ1) is 15.9. The number of hydrogen-bond donors (Lipinski definition) is 1. The number of hydrogen-bond acceptors (Lipinski definition) is 7. The second-order valence-corrected chi connectivity index (χ2v) is 9.45. The van der Waals surface area contributed by atoms with Crippen LogP contribution in [0.4, 0.5) is 5.00 Å². The zero-order valence-corrected chi connectivity index (χ0v) is 19.0. The van der Waals surface area contributed by atoms with E-state index < -0.39 is 17.3 Å². The van der Waals surface area contributed by atoms with Gasteiger partial charge in [-0.2, -0.15) is 0 Å². The summed E-state index contributed by atoms with van der Waals surface area (Å²) in [7, 11) is 1.60. The van der Waals surface area contributed by atoms with Crippen LogP contribution in [0, 0.1) is 18.3 Å². The Balaban J connectivity index is 1.57. The Bertz CT molecular complexity index is 1260. The van der Waals surface area contributed by atoms with Crippen LogP contribution in [0.15, 0.2) is 41.1 Å². The fraction of sp³-hybridized carbons (Fsp3) is 0.333. The molecule has 33 heavy (non-hydrogen) atoms. The number of thiophene rings is 1. The maximum Gasteiger partial charge on any atom is 0.306 e. The molecule has 170 valence electrons. The number of carboxylic acid groups (broad SMARTS) is 1. The smallest absolute Gasteiger partial charge is 0.306 e. The van der Waals surface area contributed by atoms with Crippen molar-refractivity contribution in [3.05, 3.63) is 53.4 Å². The lowest BCUT2D eigenvalue weighted by molar-refractivity contribution is -0.151. The number of carboxylic acids is 1. The number of ether oxygens (including phenoxy) is 1. The maximum atomic E-state index is 13.7. The molecule has 3 aromatic rings. The number of ketones is 1. The molecule has 9 heteroatoms. The van der Waals surface area contributed by atoms with Crippen LogP contribution in [-0.2, 0) is 16.0 Å². The van der Waals surface area contributed by atoms with Gasteiger partial charge >= 0.3 is 5.97 Å². The summed E-state index contributed by atoms with van der Waals surface area (Å²) >= 11 is 1.30. The topological polar surface area (TPSA) is 110 Å². The van der Waals surface area contributed by atoms with E-state index in [-0.39, 0.29) is 24.5 Å². The lowest BCUT2D eigenvalue weighted by Gasteiger charge is -2.48. The number of carbonyl (C=O) groups excluding carboxylic acids is 2. The third kappa shape index (κ3) is 3.18. The van der Waals surface area contributed by atoms with Crippen LogP contribution in [0.1, 0.15) is 34.3 Å². The van der Waals surface area contributed by atoms with E-state index in [9.17, 15) is 19.5 Å². The largest absolute Gasteiger partial charge is 0.496 e. The Hall–Kier alpha value is -3.46. The normalized spacial score (nSPS) is 21.8. The predicted octanol–water partition coefficient (Wildman–Crippen LogP) is 3.97. The van der Waals surface area contributed by atoms with Gasteiger partial charge in [-0.3, -0.25) is 14.4 Å². The minimum absolute atomic E-state index is 0.0220. The van der Waals surface area contributed by atoms with E-state index in [1.165, 1.54) is 23.8 Å². The van der Waals surface area contributed by atoms with Crippen molar-refractivity contribution in [2.45, 2.75) is 26.2 Å². The number of Topliss-reactive ketones (excluding diaryl/α,β-unsaturated/α-hetero) is 1. The fourth-order valence-electron chi connectivity index (χ4n) is 4.84. The number of anilines is 1. The number of rotatable bonds is 6. The number of methoxy groups -OCH3 is 1. The van der Waals surface area contributed by atoms with E-state index in [1.54, 1.807) is 12.0 Å². The Morgan fingerprint density at radius 1 is 1.33 bits per heavy atom. The molecule has 1 aliphatic heterocycles. The summed E-state index contributed by atoms with van der Waals surface area (Å²) < 4.78 is 10.9. The molecule has 8 nitrogen and oxygen atoms in total. The number of benzene rings is 1. The average Bonchev–Trinajstić information content (AvgIpc) is 3.41. The summed E-state index contributed by atoms with van der Waals surface area (Å²) in [5.41, 5.74) is 0.793. The minimum Gasteiger partial charge on any atom is -0.496 e. The van der Waals surface area contributed by atoms with Gasteiger partial charge in [-0.05, 0) is 43.4 Å². The number of aromatic nitrogens is 1. The summed E-state index contributed by atoms with van der Waals surface area (Å²) in [5, 5.41) is 9.97. The standard InChI is InChI=1S/C24H22N2O6S/c1-13-17-19(27)24(11-15(12-24)22(28)29)23(30)26(9-7-14-5-3-4-6-16(14)31-2)21(17)33-18(13)20-25-8-10-32-20/h3-6,8,10,15H,7,9,11-12H2,1-2H3,(H,28,29). The zero-order valence-electron chi connectivity index (χ0n) is 18.2. The molecule has 1 aromatic carbocycles. The van der Waals surface area contributed by atoms with Crippen LogP contribution in [0.3, 0.4) is 0 Å². The molecule has 5 rings (SSSR count). The molecule has 0 unspecified atom stereocenters. The number of aliphatic carboxylic acids is 1. The van der Waals surface area contributed by atoms with Gasteiger partial charge < -0.3 is 19.2 Å². The first kappa shape index (κ1) is 21.4. The van der Waals surface area contributed by atoms with Crippen LogP contribution >= 0.6 is 11.3 Å². The molecule has 1 amide bonds. The van der Waals surface area contributed by atoms with Gasteiger partial charge in [0.15, 0.2) is 5.78 Å². The Labute approximate surface area is 193 Å². The molecule has 0 radical (unpaired) electrons. The lowest BCUT2D eigenvalue weighted by Crippen LogP contribution is -2.60. The van der Waals surface area contributed by atoms with Gasteiger partial charge in [0, 0.05) is 6.54 Å². The maximum absolute atomic E-state index is 13.7. The van der Waals surface area contributed by atoms with Crippen molar-refractivity contribution in [1.82, 2.24) is 4.98 Å². The quantitative estimate of drug-likeness (QED) is 0.547. The molecule has 0 bridgehead atoms. The molecule has 1 spiro atoms. The van der Waals surface area contributed by atoms with Gasteiger partial charge in [-0.1, -0.05) is 18.2 Å². The van der Waals surface area contributed by atoms with Gasteiger partial charge in [-0.15, -0.1) is 11.3 Å². The number of amides is 1. The molecule has 1 N–H and O–H groups in total. The van der Waals surface area contributed by atoms with E-state index in [4.69, 9.17) is 9.15 Å². The average molecular weight is 467 g/mol. The van der Waals surface area contributed by atoms with Crippen molar-refractivity contribution >= 4 is 34.0 Å². The Kier molecular flexibility index (Phi) is 5.08. The fourth-order valence-corrected chi connectivity index (χ4v) is 6.11. The number of oxazole rings is 1. The number of para-hydroxylation sites is 1. The van der Waals surface area contributed by atoms with E-state index in [0.29, 0.717) is 39.9 Å². The second kappa shape index (κ2) is 7.84. The molecule has 0 saturated heterocycles. The second-order valence-electron chi connectivity index (χ2n) is 8.45. The summed E-state index contributed by atoms with van der Waals surface area (Å²) in [6, 6.07) is 7.59. The highest BCUT2D eigenvalue weighted by atomic mass is 32.1. The van der Waals surface area contributed by atoms with E-state index >= 15 is 0 Å². The molecule has 1 fully saturated rings. The molecule has 2 aromatic heterocycles. The van der Waals surface area contributed by atoms with E-state index in [2.05, 4.69) is 4.98 Å². The SMILES string of the molecule is COc1ccccc1CCN1C(=O)C2(CC(C(=O)O)C2)C(=O)c2c1sc(-c1ncco1)c2C. The van der Waals surface area contributed by atoms with Crippen molar-refractivity contribution in [1.29, 1.82) is 0 Å². The zero-order chi connectivity index (χ0) is 23.3. The molecule has 3 heterocycles. The van der Waals surface area contributed by atoms with Crippen molar-refractivity contribution in [2.24, 2.45) is 11.3 Å². The highest BCUT2D eigenvalue weighted by Gasteiger charge is 2.62. The predicted molar refractivity (Wildman–Crippen MR) is 121 cm³/mol. The van der Waals surface area contributed by atoms with Gasteiger partial charge in [0.2, 0.25) is 11.8 Å². The third-order valence-electron chi connectivity index (χ3n) is 6.65. The molecule has 2 aliphatic rings. The Morgan fingerprint density at radius 3 is 2.76 bits per heavy atom. The highest BCUT2D eigenvalue weighted by Crippen LogP contribution is 2.56. The molecule has 1 aliphatic carbocycles.